The molecule has 3 heterocycles. The number of phosphoric ester groups is 3. The van der Waals surface area contributed by atoms with E-state index in [0.717, 1.165) is 35.0 Å². The second-order valence-electron chi connectivity index (χ2n) is 16.0. The fraction of sp³-hybridized carbons (Fsp3) is 0.421. The van der Waals surface area contributed by atoms with Gasteiger partial charge in [-0.15, -0.1) is 0 Å². The van der Waals surface area contributed by atoms with Crippen LogP contribution in [0.25, 0.3) is 11.2 Å². The first-order valence-electron chi connectivity index (χ1n) is 21.1. The number of rotatable bonds is 26. The number of phenols is 1. The lowest BCUT2D eigenvalue weighted by molar-refractivity contribution is -0.137. The number of carboxylic acids is 1. The third-order valence-electron chi connectivity index (χ3n) is 10.0. The van der Waals surface area contributed by atoms with E-state index in [2.05, 4.69) is 50.0 Å². The van der Waals surface area contributed by atoms with Gasteiger partial charge in [0.25, 0.3) is 5.91 Å². The molecule has 4 aromatic rings. The summed E-state index contributed by atoms with van der Waals surface area (Å²) in [4.78, 5) is 112. The Morgan fingerprint density at radius 3 is 2.25 bits per heavy atom. The molecule has 398 valence electrons. The van der Waals surface area contributed by atoms with E-state index in [0.29, 0.717) is 5.69 Å². The van der Waals surface area contributed by atoms with Crippen LogP contribution in [0, 0.1) is 5.41 Å². The quantitative estimate of drug-likeness (QED) is 0.0239. The van der Waals surface area contributed by atoms with Gasteiger partial charge in [0.05, 0.1) is 30.9 Å². The molecule has 3 amide bonds. The van der Waals surface area contributed by atoms with E-state index in [4.69, 9.17) is 24.6 Å². The number of hydrogen-bond acceptors (Lipinski definition) is 23. The molecule has 0 aliphatic carbocycles. The Labute approximate surface area is 416 Å². The number of ether oxygens (including phenoxy) is 1. The molecule has 1 aliphatic heterocycles. The highest BCUT2D eigenvalue weighted by atomic mass is 32.2. The lowest BCUT2D eigenvalue weighted by Gasteiger charge is -2.30. The average molecular weight is 1110 g/mol. The summed E-state index contributed by atoms with van der Waals surface area (Å²) >= 11 is 0.906. The number of carboxylic acid groups (broad SMARTS) is 1. The molecule has 7 unspecified atom stereocenters. The minimum atomic E-state index is -5.62. The van der Waals surface area contributed by atoms with Crippen LogP contribution < -0.4 is 21.7 Å². The van der Waals surface area contributed by atoms with Crippen molar-refractivity contribution in [2.24, 2.45) is 15.6 Å². The van der Waals surface area contributed by atoms with Crippen molar-refractivity contribution in [1.82, 2.24) is 35.5 Å². The highest BCUT2D eigenvalue weighted by Gasteiger charge is 2.50. The largest absolute Gasteiger partial charge is 0.507 e. The van der Waals surface area contributed by atoms with Crippen molar-refractivity contribution >= 4 is 92.4 Å². The molecule has 2 aromatic carbocycles. The summed E-state index contributed by atoms with van der Waals surface area (Å²) in [7, 11) is -16.5. The molecule has 0 bridgehead atoms. The number of carbonyl (C=O) groups excluding carboxylic acids is 4. The third-order valence-corrected chi connectivity index (χ3v) is 14.0. The summed E-state index contributed by atoms with van der Waals surface area (Å²) < 4.78 is 62.3. The fourth-order valence-electron chi connectivity index (χ4n) is 6.30. The second-order valence-corrected chi connectivity index (χ2v) is 21.4. The number of aromatic nitrogens is 4. The van der Waals surface area contributed by atoms with Crippen LogP contribution in [0.2, 0.25) is 0 Å². The molecule has 7 atom stereocenters. The van der Waals surface area contributed by atoms with Crippen LogP contribution >= 0.6 is 35.2 Å². The third kappa shape index (κ3) is 17.2. The Kier molecular flexibility index (Phi) is 20.0. The van der Waals surface area contributed by atoms with Crippen molar-refractivity contribution in [2.75, 3.05) is 44.3 Å². The number of aromatic hydroxyl groups is 1. The van der Waals surface area contributed by atoms with Crippen LogP contribution in [0.15, 0.2) is 65.3 Å². The van der Waals surface area contributed by atoms with E-state index in [1.165, 1.54) is 50.2 Å². The number of phosphoric acid groups is 3. The number of nitrogen functional groups attached to an aromatic ring is 1. The maximum absolute atomic E-state index is 12.8. The van der Waals surface area contributed by atoms with Crippen molar-refractivity contribution in [3.8, 4) is 5.75 Å². The molecule has 0 radical (unpaired) electrons. The summed E-state index contributed by atoms with van der Waals surface area (Å²) in [6.07, 6.45) is -7.24. The SMILES string of the molecule is CC(C)(COP(=O)(O)OP(=O)(O)OCC1OC(n2cnc3c(N)ncnc32)C(O)C1OP(=O)(O)O)C(O)C(=O)NCCC(=O)NCCSC(=O)CCNC(=O)c1ccc(N=Nc2ccc(O)c(C(=O)O)c2)cc1. The number of aliphatic hydroxyl groups is 2. The van der Waals surface area contributed by atoms with Crippen molar-refractivity contribution in [3.05, 3.63) is 66.2 Å². The molecule has 5 rings (SSSR count). The first-order valence-corrected chi connectivity index (χ1v) is 26.6. The zero-order valence-corrected chi connectivity index (χ0v) is 41.6. The van der Waals surface area contributed by atoms with Gasteiger partial charge in [-0.2, -0.15) is 14.5 Å². The number of azo groups is 1. The molecule has 13 N–H and O–H groups in total. The number of fused-ring (bicyclic) bond motifs is 1. The normalized spacial score (nSPS) is 19.2. The minimum Gasteiger partial charge on any atom is -0.507 e. The molecule has 1 saturated heterocycles. The molecule has 35 heteroatoms. The maximum Gasteiger partial charge on any atom is 0.481 e. The minimum absolute atomic E-state index is 0.0108. The number of nitrogens with zero attached hydrogens (tertiary/aromatic N) is 6. The second kappa shape index (κ2) is 25.0. The number of benzene rings is 2. The molecule has 1 aliphatic rings. The van der Waals surface area contributed by atoms with Gasteiger partial charge in [0.15, 0.2) is 22.8 Å². The Morgan fingerprint density at radius 1 is 0.904 bits per heavy atom. The molecule has 2 aromatic heterocycles. The van der Waals surface area contributed by atoms with Gasteiger partial charge >= 0.3 is 29.4 Å². The standard InChI is InChI=1S/C38H49N10O21P3S/c1-38(2,17-66-72(63,64)69-71(61,62)65-16-25-30(68-70(58,59)60)29(52)36(67-25)48-19-45-28-32(39)43-18-44-33(28)48)31(53)35(55)42-11-9-26(50)40-13-14-73-27(51)10-12-41-34(54)20-3-5-21(6-4-20)46-47-22-7-8-24(49)23(15-22)37(56)57/h3-8,15,18-19,25,29-31,36,49,52-53H,9-14,16-17H2,1-2H3,(H,40,50)(H,41,54)(H,42,55)(H,56,57)(H,61,62)(H,63,64)(H2,39,43,44)(H2,58,59,60). The van der Waals surface area contributed by atoms with Crippen LogP contribution in [-0.4, -0.2) is 151 Å². The first-order chi connectivity index (χ1) is 34.1. The van der Waals surface area contributed by atoms with E-state index < -0.39 is 102 Å². The number of hydrogen-bond donors (Lipinski definition) is 12. The van der Waals surface area contributed by atoms with E-state index in [-0.39, 0.29) is 77.1 Å². The zero-order valence-electron chi connectivity index (χ0n) is 38.1. The Hall–Kier alpha value is -5.66. The van der Waals surface area contributed by atoms with Gasteiger partial charge in [0, 0.05) is 49.2 Å². The fourth-order valence-corrected chi connectivity index (χ4v) is 9.81. The zero-order chi connectivity index (χ0) is 53.9. The summed E-state index contributed by atoms with van der Waals surface area (Å²) in [5.41, 5.74) is 4.63. The number of thioether (sulfide) groups is 1. The molecule has 0 saturated carbocycles. The number of aromatic carboxylic acids is 1. The Balaban J connectivity index is 0.961. The monoisotopic (exact) mass is 1110 g/mol. The molecule has 31 nitrogen and oxygen atoms in total. The number of nitrogens with one attached hydrogen (secondary N) is 3. The van der Waals surface area contributed by atoms with Gasteiger partial charge in [-0.1, -0.05) is 25.6 Å². The van der Waals surface area contributed by atoms with Crippen LogP contribution in [-0.2, 0) is 50.7 Å². The highest BCUT2D eigenvalue weighted by molar-refractivity contribution is 8.13. The van der Waals surface area contributed by atoms with Crippen molar-refractivity contribution in [2.45, 2.75) is 57.3 Å². The molecular weight excluding hydrogens is 1060 g/mol. The average Bonchev–Trinajstić information content (AvgIpc) is 3.88. The topological polar surface area (TPSA) is 475 Å². The van der Waals surface area contributed by atoms with E-state index in [1.807, 2.05) is 0 Å². The number of aliphatic hydroxyl groups excluding tert-OH is 2. The predicted molar refractivity (Wildman–Crippen MR) is 250 cm³/mol. The first kappa shape index (κ1) is 58.2. The van der Waals surface area contributed by atoms with Gasteiger partial charge in [-0.05, 0) is 42.5 Å². The lowest BCUT2D eigenvalue weighted by atomic mass is 9.87. The molecule has 0 spiro atoms. The van der Waals surface area contributed by atoms with Gasteiger partial charge in [-0.25, -0.2) is 33.4 Å². The molecule has 73 heavy (non-hydrogen) atoms. The number of carbonyl (C=O) groups is 5. The Morgan fingerprint density at radius 2 is 1.56 bits per heavy atom. The van der Waals surface area contributed by atoms with Crippen LogP contribution in [0.4, 0.5) is 17.2 Å². The van der Waals surface area contributed by atoms with E-state index >= 15 is 0 Å². The lowest BCUT2D eigenvalue weighted by Crippen LogP contribution is -2.46. The summed E-state index contributed by atoms with van der Waals surface area (Å²) in [6, 6.07) is 9.63. The number of nitrogens with two attached hydrogens (primary N) is 1. The van der Waals surface area contributed by atoms with Crippen LogP contribution in [0.3, 0.4) is 0 Å². The number of anilines is 1. The summed E-state index contributed by atoms with van der Waals surface area (Å²) in [5.74, 6) is -3.67. The summed E-state index contributed by atoms with van der Waals surface area (Å²) in [6.45, 7) is 0.146. The predicted octanol–water partition coefficient (Wildman–Crippen LogP) is 1.30. The van der Waals surface area contributed by atoms with Gasteiger partial charge in [-0.3, -0.25) is 37.3 Å². The van der Waals surface area contributed by atoms with Crippen LogP contribution in [0.1, 0.15) is 53.6 Å². The molecule has 1 fully saturated rings. The van der Waals surface area contributed by atoms with Gasteiger partial charge in [0.1, 0.15) is 47.6 Å². The van der Waals surface area contributed by atoms with E-state index in [1.54, 1.807) is 0 Å². The number of imidazole rings is 1. The summed E-state index contributed by atoms with van der Waals surface area (Å²) in [5, 5.41) is 55.4. The maximum atomic E-state index is 12.8. The van der Waals surface area contributed by atoms with E-state index in [9.17, 15) is 72.6 Å². The smallest absolute Gasteiger partial charge is 0.481 e. The number of amides is 3. The van der Waals surface area contributed by atoms with Gasteiger partial charge < -0.3 is 66.4 Å². The van der Waals surface area contributed by atoms with Crippen molar-refractivity contribution in [1.29, 1.82) is 0 Å². The van der Waals surface area contributed by atoms with Crippen molar-refractivity contribution in [3.63, 3.8) is 0 Å². The van der Waals surface area contributed by atoms with Crippen LogP contribution in [0.5, 0.6) is 5.75 Å². The highest BCUT2D eigenvalue weighted by Crippen LogP contribution is 2.61. The Bertz CT molecular complexity index is 2840. The molecular formula is C38H49N10O21P3S. The van der Waals surface area contributed by atoms with Crippen molar-refractivity contribution < 1.29 is 100 Å². The van der Waals surface area contributed by atoms with Gasteiger partial charge in [0.2, 0.25) is 11.8 Å².